The van der Waals surface area contributed by atoms with Gasteiger partial charge in [-0.15, -0.1) is 0 Å². The van der Waals surface area contributed by atoms with Gasteiger partial charge in [0.05, 0.1) is 20.6 Å². The number of carbonyl (C=O) groups is 3. The molecule has 1 aromatic rings. The number of benzene rings is 1. The van der Waals surface area contributed by atoms with Gasteiger partial charge >= 0.3 is 11.9 Å². The number of hydrogen-bond donors (Lipinski definition) is 1. The Hall–Kier alpha value is -2.71. The molecule has 0 saturated carbocycles. The van der Waals surface area contributed by atoms with Gasteiger partial charge in [-0.25, -0.2) is 13.6 Å². The van der Waals surface area contributed by atoms with E-state index in [1.165, 1.54) is 6.92 Å². The molecule has 0 radical (unpaired) electrons. The van der Waals surface area contributed by atoms with Crippen LogP contribution >= 0.6 is 0 Å². The number of carbonyl (C=O) groups excluding carboxylic acids is 3. The first-order valence-electron chi connectivity index (χ1n) is 6.85. The molecule has 1 amide bonds. The third-order valence-corrected chi connectivity index (χ3v) is 2.97. The first-order chi connectivity index (χ1) is 11.3. The molecule has 132 valence electrons. The number of methoxy groups -OCH3 is 2. The molecule has 2 atom stereocenters. The lowest BCUT2D eigenvalue weighted by atomic mass is 10.2. The minimum Gasteiger partial charge on any atom is -0.481 e. The Kier molecular flexibility index (Phi) is 7.09. The van der Waals surface area contributed by atoms with Crippen LogP contribution in [0.5, 0.6) is 5.75 Å². The SMILES string of the molecule is COC(=O)C[C@H](NC(=O)[C@H](C)Oc1ccc(F)c(F)c1)C(=O)OC. The molecule has 0 spiro atoms. The largest absolute Gasteiger partial charge is 0.481 e. The van der Waals surface area contributed by atoms with E-state index < -0.39 is 48.0 Å². The van der Waals surface area contributed by atoms with Crippen molar-refractivity contribution in [3.63, 3.8) is 0 Å². The van der Waals surface area contributed by atoms with Crippen LogP contribution in [0.1, 0.15) is 13.3 Å². The van der Waals surface area contributed by atoms with Gasteiger partial charge in [0.2, 0.25) is 0 Å². The maximum atomic E-state index is 13.1. The van der Waals surface area contributed by atoms with Gasteiger partial charge in [-0.1, -0.05) is 0 Å². The summed E-state index contributed by atoms with van der Waals surface area (Å²) in [6, 6.07) is 1.52. The zero-order valence-electron chi connectivity index (χ0n) is 13.3. The van der Waals surface area contributed by atoms with Crippen LogP contribution in [0.3, 0.4) is 0 Å². The Morgan fingerprint density at radius 1 is 1.12 bits per heavy atom. The normalized spacial score (nSPS) is 12.7. The van der Waals surface area contributed by atoms with E-state index >= 15 is 0 Å². The molecule has 1 N–H and O–H groups in total. The van der Waals surface area contributed by atoms with Crippen LogP contribution in [0.2, 0.25) is 0 Å². The van der Waals surface area contributed by atoms with Crippen LogP contribution in [0.4, 0.5) is 8.78 Å². The molecule has 0 aromatic heterocycles. The smallest absolute Gasteiger partial charge is 0.328 e. The van der Waals surface area contributed by atoms with E-state index in [1.807, 2.05) is 0 Å². The van der Waals surface area contributed by atoms with Gasteiger partial charge < -0.3 is 19.5 Å². The average Bonchev–Trinajstić information content (AvgIpc) is 2.56. The predicted molar refractivity (Wildman–Crippen MR) is 77.0 cm³/mol. The maximum absolute atomic E-state index is 13.1. The van der Waals surface area contributed by atoms with Crippen molar-refractivity contribution in [3.8, 4) is 5.75 Å². The fraction of sp³-hybridized carbons (Fsp3) is 0.400. The highest BCUT2D eigenvalue weighted by molar-refractivity contribution is 5.89. The molecule has 0 aliphatic heterocycles. The van der Waals surface area contributed by atoms with Crippen molar-refractivity contribution in [2.45, 2.75) is 25.5 Å². The molecule has 7 nitrogen and oxygen atoms in total. The lowest BCUT2D eigenvalue weighted by Gasteiger charge is -2.19. The Bertz CT molecular complexity index is 622. The third kappa shape index (κ3) is 5.49. The van der Waals surface area contributed by atoms with Gasteiger partial charge in [-0.3, -0.25) is 9.59 Å². The summed E-state index contributed by atoms with van der Waals surface area (Å²) in [7, 11) is 2.23. The second-order valence-corrected chi connectivity index (χ2v) is 4.70. The van der Waals surface area contributed by atoms with Crippen molar-refractivity contribution in [3.05, 3.63) is 29.8 Å². The summed E-state index contributed by atoms with van der Waals surface area (Å²) in [5.74, 6) is -4.56. The fourth-order valence-corrected chi connectivity index (χ4v) is 1.68. The summed E-state index contributed by atoms with van der Waals surface area (Å²) in [6.45, 7) is 1.34. The van der Waals surface area contributed by atoms with E-state index in [1.54, 1.807) is 0 Å². The van der Waals surface area contributed by atoms with Gasteiger partial charge in [0, 0.05) is 6.07 Å². The standard InChI is InChI=1S/C15H17F2NO6/c1-8(24-9-4-5-10(16)11(17)6-9)14(20)18-12(15(21)23-3)7-13(19)22-2/h4-6,8,12H,7H2,1-3H3,(H,18,20)/t8-,12-/m0/s1. The van der Waals surface area contributed by atoms with Crippen molar-refractivity contribution in [2.24, 2.45) is 0 Å². The Labute approximate surface area is 136 Å². The van der Waals surface area contributed by atoms with Crippen molar-refractivity contribution in [1.82, 2.24) is 5.32 Å². The summed E-state index contributed by atoms with van der Waals surface area (Å²) >= 11 is 0. The van der Waals surface area contributed by atoms with Crippen molar-refractivity contribution in [1.29, 1.82) is 0 Å². The lowest BCUT2D eigenvalue weighted by Crippen LogP contribution is -2.47. The average molecular weight is 345 g/mol. The number of rotatable bonds is 7. The fourth-order valence-electron chi connectivity index (χ4n) is 1.68. The highest BCUT2D eigenvalue weighted by Crippen LogP contribution is 2.17. The number of nitrogens with one attached hydrogen (secondary N) is 1. The maximum Gasteiger partial charge on any atom is 0.328 e. The molecule has 0 aliphatic rings. The highest BCUT2D eigenvalue weighted by Gasteiger charge is 2.27. The summed E-state index contributed by atoms with van der Waals surface area (Å²) in [5, 5.41) is 2.27. The first kappa shape index (κ1) is 19.3. The zero-order valence-corrected chi connectivity index (χ0v) is 13.3. The van der Waals surface area contributed by atoms with Crippen molar-refractivity contribution < 1.29 is 37.4 Å². The van der Waals surface area contributed by atoms with Crippen LogP contribution in [-0.4, -0.2) is 44.2 Å². The van der Waals surface area contributed by atoms with E-state index in [2.05, 4.69) is 14.8 Å². The minimum absolute atomic E-state index is 0.0702. The number of halogens is 2. The van der Waals surface area contributed by atoms with Crippen LogP contribution < -0.4 is 10.1 Å². The van der Waals surface area contributed by atoms with Crippen LogP contribution in [0.25, 0.3) is 0 Å². The van der Waals surface area contributed by atoms with E-state index in [0.717, 1.165) is 32.4 Å². The second kappa shape index (κ2) is 8.80. The van der Waals surface area contributed by atoms with E-state index in [4.69, 9.17) is 4.74 Å². The molecule has 1 rings (SSSR count). The van der Waals surface area contributed by atoms with Gasteiger partial charge in [0.15, 0.2) is 17.7 Å². The van der Waals surface area contributed by atoms with E-state index in [9.17, 15) is 23.2 Å². The summed E-state index contributed by atoms with van der Waals surface area (Å²) in [4.78, 5) is 34.9. The molecular formula is C15H17F2NO6. The van der Waals surface area contributed by atoms with Gasteiger partial charge in [-0.05, 0) is 19.1 Å². The Balaban J connectivity index is 2.73. The Morgan fingerprint density at radius 3 is 2.33 bits per heavy atom. The Morgan fingerprint density at radius 2 is 1.79 bits per heavy atom. The van der Waals surface area contributed by atoms with E-state index in [-0.39, 0.29) is 5.75 Å². The van der Waals surface area contributed by atoms with Gasteiger partial charge in [0.1, 0.15) is 11.8 Å². The molecule has 0 bridgehead atoms. The van der Waals surface area contributed by atoms with Gasteiger partial charge in [-0.2, -0.15) is 0 Å². The molecule has 24 heavy (non-hydrogen) atoms. The number of ether oxygens (including phenoxy) is 3. The zero-order chi connectivity index (χ0) is 18.3. The van der Waals surface area contributed by atoms with Crippen LogP contribution in [0, 0.1) is 11.6 Å². The monoisotopic (exact) mass is 345 g/mol. The summed E-state index contributed by atoms with van der Waals surface area (Å²) in [5.41, 5.74) is 0. The summed E-state index contributed by atoms with van der Waals surface area (Å²) in [6.07, 6.45) is -1.56. The number of amides is 1. The third-order valence-electron chi connectivity index (χ3n) is 2.97. The van der Waals surface area contributed by atoms with Crippen LogP contribution in [0.15, 0.2) is 18.2 Å². The molecule has 0 heterocycles. The molecule has 0 aliphatic carbocycles. The molecule has 0 fully saturated rings. The molecule has 0 unspecified atom stereocenters. The number of esters is 2. The quantitative estimate of drug-likeness (QED) is 0.740. The van der Waals surface area contributed by atoms with Gasteiger partial charge in [0.25, 0.3) is 5.91 Å². The van der Waals surface area contributed by atoms with Crippen molar-refractivity contribution >= 4 is 17.8 Å². The minimum atomic E-state index is -1.26. The number of hydrogen-bond acceptors (Lipinski definition) is 6. The van der Waals surface area contributed by atoms with Crippen LogP contribution in [-0.2, 0) is 23.9 Å². The second-order valence-electron chi connectivity index (χ2n) is 4.70. The molecule has 1 aromatic carbocycles. The summed E-state index contributed by atoms with van der Waals surface area (Å²) < 4.78 is 40.0. The first-order valence-corrected chi connectivity index (χ1v) is 6.85. The highest BCUT2D eigenvalue weighted by atomic mass is 19.2. The lowest BCUT2D eigenvalue weighted by molar-refractivity contribution is -0.151. The van der Waals surface area contributed by atoms with Crippen molar-refractivity contribution in [2.75, 3.05) is 14.2 Å². The molecular weight excluding hydrogens is 328 g/mol. The predicted octanol–water partition coefficient (Wildman–Crippen LogP) is 0.953. The molecule has 0 saturated heterocycles. The van der Waals surface area contributed by atoms with E-state index in [0.29, 0.717) is 0 Å². The topological polar surface area (TPSA) is 90.9 Å². The molecule has 9 heteroatoms.